The van der Waals surface area contributed by atoms with Crippen molar-refractivity contribution < 1.29 is 27.5 Å². The fraction of sp³-hybridized carbons (Fsp3) is 0.316. The van der Waals surface area contributed by atoms with E-state index in [0.29, 0.717) is 12.8 Å². The minimum absolute atomic E-state index is 0.213. The van der Waals surface area contributed by atoms with Crippen molar-refractivity contribution in [1.82, 2.24) is 9.88 Å². The fourth-order valence-electron chi connectivity index (χ4n) is 3.41. The minimum atomic E-state index is -4.81. The van der Waals surface area contributed by atoms with Crippen LogP contribution in [0.25, 0.3) is 0 Å². The van der Waals surface area contributed by atoms with Crippen molar-refractivity contribution in [1.29, 1.82) is 0 Å². The molecule has 9 heteroatoms. The average molecular weight is 391 g/mol. The number of hydrogen-bond donors (Lipinski definition) is 0. The van der Waals surface area contributed by atoms with Gasteiger partial charge in [-0.2, -0.15) is 0 Å². The van der Waals surface area contributed by atoms with E-state index in [9.17, 15) is 22.8 Å². The third kappa shape index (κ3) is 3.06. The number of carbonyl (C=O) groups excluding carboxylic acids is 2. The molecule has 0 bridgehead atoms. The number of carbonyl (C=O) groups is 2. The molecule has 28 heavy (non-hydrogen) atoms. The van der Waals surface area contributed by atoms with Gasteiger partial charge in [-0.1, -0.05) is 0 Å². The van der Waals surface area contributed by atoms with Crippen molar-refractivity contribution in [2.24, 2.45) is 0 Å². The lowest BCUT2D eigenvalue weighted by molar-refractivity contribution is -0.274. The molecule has 1 saturated carbocycles. The number of rotatable bonds is 4. The topological polar surface area (TPSA) is 62.7 Å². The van der Waals surface area contributed by atoms with Crippen molar-refractivity contribution in [2.45, 2.75) is 38.2 Å². The predicted molar refractivity (Wildman–Crippen MR) is 92.5 cm³/mol. The van der Waals surface area contributed by atoms with Gasteiger partial charge in [-0.05, 0) is 61.2 Å². The Kier molecular flexibility index (Phi) is 4.06. The summed E-state index contributed by atoms with van der Waals surface area (Å²) < 4.78 is 40.8. The highest BCUT2D eigenvalue weighted by atomic mass is 19.4. The summed E-state index contributed by atoms with van der Waals surface area (Å²) in [5.74, 6) is -0.769. The first-order valence-corrected chi connectivity index (χ1v) is 8.63. The molecule has 1 saturated heterocycles. The molecular weight excluding hydrogens is 375 g/mol. The second-order valence-corrected chi connectivity index (χ2v) is 6.88. The number of ether oxygens (including phenoxy) is 1. The van der Waals surface area contributed by atoms with Gasteiger partial charge in [-0.3, -0.25) is 9.78 Å². The zero-order chi connectivity index (χ0) is 20.1. The lowest BCUT2D eigenvalue weighted by Crippen LogP contribution is -2.36. The number of hydrogen-bond acceptors (Lipinski definition) is 4. The Morgan fingerprint density at radius 1 is 1.14 bits per heavy atom. The summed E-state index contributed by atoms with van der Waals surface area (Å²) in [5.41, 5.74) is 1.14. The SMILES string of the molecule is Cc1cnccc1CN1C(=O)N(c2ccc(OC(F)(F)F)cc2)C(=O)C12CC2. The normalized spacial score (nSPS) is 18.1. The number of halogens is 3. The lowest BCUT2D eigenvalue weighted by Gasteiger charge is -2.22. The van der Waals surface area contributed by atoms with Crippen LogP contribution in [0.4, 0.5) is 23.7 Å². The van der Waals surface area contributed by atoms with Crippen molar-refractivity contribution in [3.05, 3.63) is 53.9 Å². The number of anilines is 1. The zero-order valence-electron chi connectivity index (χ0n) is 14.9. The summed E-state index contributed by atoms with van der Waals surface area (Å²) in [4.78, 5) is 32.5. The molecule has 2 fully saturated rings. The first-order chi connectivity index (χ1) is 13.2. The summed E-state index contributed by atoms with van der Waals surface area (Å²) in [7, 11) is 0. The molecule has 0 radical (unpaired) electrons. The average Bonchev–Trinajstić information content (AvgIpc) is 3.39. The molecule has 0 atom stereocenters. The summed E-state index contributed by atoms with van der Waals surface area (Å²) >= 11 is 0. The molecule has 1 aliphatic carbocycles. The van der Waals surface area contributed by atoms with Crippen LogP contribution in [-0.4, -0.2) is 33.7 Å². The number of alkyl halides is 3. The Hall–Kier alpha value is -3.10. The number of imide groups is 1. The van der Waals surface area contributed by atoms with Crippen LogP contribution >= 0.6 is 0 Å². The van der Waals surface area contributed by atoms with E-state index < -0.39 is 23.7 Å². The molecule has 0 unspecified atom stereocenters. The molecule has 1 aliphatic heterocycles. The van der Waals surface area contributed by atoms with E-state index in [-0.39, 0.29) is 18.1 Å². The maximum absolute atomic E-state index is 13.0. The number of amides is 3. The van der Waals surface area contributed by atoms with E-state index in [2.05, 4.69) is 9.72 Å². The van der Waals surface area contributed by atoms with Crippen LogP contribution in [0.1, 0.15) is 24.0 Å². The Balaban J connectivity index is 1.60. The molecule has 0 N–H and O–H groups in total. The van der Waals surface area contributed by atoms with Crippen molar-refractivity contribution in [2.75, 3.05) is 4.90 Å². The quantitative estimate of drug-likeness (QED) is 0.744. The van der Waals surface area contributed by atoms with Crippen LogP contribution in [0.2, 0.25) is 0 Å². The summed E-state index contributed by atoms with van der Waals surface area (Å²) in [5, 5.41) is 0. The second-order valence-electron chi connectivity index (χ2n) is 6.88. The van der Waals surface area contributed by atoms with Gasteiger partial charge in [0, 0.05) is 18.9 Å². The van der Waals surface area contributed by atoms with Crippen LogP contribution in [0, 0.1) is 6.92 Å². The van der Waals surface area contributed by atoms with Gasteiger partial charge in [0.1, 0.15) is 11.3 Å². The van der Waals surface area contributed by atoms with Crippen LogP contribution < -0.4 is 9.64 Å². The molecule has 1 spiro atoms. The number of urea groups is 1. The first kappa shape index (κ1) is 18.3. The smallest absolute Gasteiger partial charge is 0.406 e. The molecule has 2 aromatic rings. The minimum Gasteiger partial charge on any atom is -0.406 e. The van der Waals surface area contributed by atoms with Crippen LogP contribution in [0.5, 0.6) is 5.75 Å². The maximum atomic E-state index is 13.0. The second kappa shape index (κ2) is 6.22. The summed E-state index contributed by atoms with van der Waals surface area (Å²) in [6, 6.07) is 6.03. The number of aromatic nitrogens is 1. The number of pyridine rings is 1. The molecule has 3 amide bonds. The largest absolute Gasteiger partial charge is 0.573 e. The Bertz CT molecular complexity index is 939. The zero-order valence-corrected chi connectivity index (χ0v) is 14.9. The van der Waals surface area contributed by atoms with Gasteiger partial charge in [0.25, 0.3) is 5.91 Å². The first-order valence-electron chi connectivity index (χ1n) is 8.63. The number of aryl methyl sites for hydroxylation is 1. The molecule has 1 aromatic carbocycles. The lowest BCUT2D eigenvalue weighted by atomic mass is 10.1. The van der Waals surface area contributed by atoms with Crippen molar-refractivity contribution in [3.63, 3.8) is 0 Å². The Labute approximate surface area is 158 Å². The summed E-state index contributed by atoms with van der Waals surface area (Å²) in [6.07, 6.45) is -0.366. The van der Waals surface area contributed by atoms with E-state index in [4.69, 9.17) is 0 Å². The summed E-state index contributed by atoms with van der Waals surface area (Å²) in [6.45, 7) is 2.14. The monoisotopic (exact) mass is 391 g/mol. The van der Waals surface area contributed by atoms with Crippen LogP contribution in [0.3, 0.4) is 0 Å². The fourth-order valence-corrected chi connectivity index (χ4v) is 3.41. The number of nitrogens with zero attached hydrogens (tertiary/aromatic N) is 3. The highest BCUT2D eigenvalue weighted by Crippen LogP contribution is 2.49. The molecule has 146 valence electrons. The highest BCUT2D eigenvalue weighted by Gasteiger charge is 2.65. The van der Waals surface area contributed by atoms with Gasteiger partial charge in [-0.15, -0.1) is 13.2 Å². The van der Waals surface area contributed by atoms with Gasteiger partial charge in [0.2, 0.25) is 0 Å². The predicted octanol–water partition coefficient (Wildman–Crippen LogP) is 3.79. The van der Waals surface area contributed by atoms with Gasteiger partial charge < -0.3 is 9.64 Å². The van der Waals surface area contributed by atoms with Gasteiger partial charge in [-0.25, -0.2) is 9.69 Å². The molecular formula is C19H16F3N3O3. The van der Waals surface area contributed by atoms with Crippen LogP contribution in [0.15, 0.2) is 42.7 Å². The van der Waals surface area contributed by atoms with E-state index in [1.54, 1.807) is 18.5 Å². The molecule has 2 aliphatic rings. The maximum Gasteiger partial charge on any atom is 0.573 e. The standard InChI is InChI=1S/C19H16F3N3O3/c1-12-10-23-9-6-13(12)11-24-17(27)25(16(26)18(24)7-8-18)14-2-4-15(5-3-14)28-19(20,21)22/h2-6,9-10H,7-8,11H2,1H3. The van der Waals surface area contributed by atoms with E-state index in [1.807, 2.05) is 6.92 Å². The van der Waals surface area contributed by atoms with Crippen LogP contribution in [-0.2, 0) is 11.3 Å². The molecule has 2 heterocycles. The van der Waals surface area contributed by atoms with E-state index in [0.717, 1.165) is 28.2 Å². The van der Waals surface area contributed by atoms with Crippen molar-refractivity contribution in [3.8, 4) is 5.75 Å². The Morgan fingerprint density at radius 3 is 2.39 bits per heavy atom. The molecule has 1 aromatic heterocycles. The molecule has 4 rings (SSSR count). The Morgan fingerprint density at radius 2 is 1.82 bits per heavy atom. The van der Waals surface area contributed by atoms with Gasteiger partial charge >= 0.3 is 12.4 Å². The third-order valence-electron chi connectivity index (χ3n) is 5.06. The van der Waals surface area contributed by atoms with Gasteiger partial charge in [0.15, 0.2) is 0 Å². The number of benzene rings is 1. The third-order valence-corrected chi connectivity index (χ3v) is 5.06. The molecule has 6 nitrogen and oxygen atoms in total. The van der Waals surface area contributed by atoms with Crippen molar-refractivity contribution >= 4 is 17.6 Å². The van der Waals surface area contributed by atoms with Gasteiger partial charge in [0.05, 0.1) is 5.69 Å². The van der Waals surface area contributed by atoms with E-state index in [1.165, 1.54) is 17.0 Å². The van der Waals surface area contributed by atoms with E-state index >= 15 is 0 Å². The highest BCUT2D eigenvalue weighted by molar-refractivity contribution is 6.24.